The molecule has 3 rings (SSSR count). The molecule has 0 aliphatic carbocycles. The molecule has 1 atom stereocenters. The average molecular weight is 308 g/mol. The zero-order chi connectivity index (χ0) is 15.9. The molecule has 0 saturated carbocycles. The fraction of sp³-hybridized carbons (Fsp3) is 0.250. The van der Waals surface area contributed by atoms with Crippen molar-refractivity contribution in [3.05, 3.63) is 71.8 Å². The monoisotopic (exact) mass is 308 g/mol. The van der Waals surface area contributed by atoms with E-state index in [1.165, 1.54) is 0 Å². The summed E-state index contributed by atoms with van der Waals surface area (Å²) in [5.74, 6) is 0.639. The molecule has 0 radical (unpaired) electrons. The first-order chi connectivity index (χ1) is 11.3. The molecule has 0 spiro atoms. The lowest BCUT2D eigenvalue weighted by atomic mass is 10.1. The second-order valence-corrected chi connectivity index (χ2v) is 5.55. The van der Waals surface area contributed by atoms with Crippen molar-refractivity contribution in [3.8, 4) is 5.75 Å². The number of hydrogen-bond acceptors (Lipinski definition) is 3. The molecule has 0 N–H and O–H groups in total. The second-order valence-electron chi connectivity index (χ2n) is 5.55. The standard InChI is InChI=1S/C20H20O3/c21-19(13-12-16-7-2-1-3-8-16)17-9-6-10-18(15-17)23-20-11-4-5-14-22-20/h1-3,6-10,12-13,15,20H,4-5,11,14H2. The normalized spacial score (nSPS) is 18.0. The second kappa shape index (κ2) is 7.75. The Morgan fingerprint density at radius 2 is 1.96 bits per heavy atom. The maximum absolute atomic E-state index is 12.3. The zero-order valence-electron chi connectivity index (χ0n) is 13.0. The van der Waals surface area contributed by atoms with Crippen molar-refractivity contribution in [1.29, 1.82) is 0 Å². The van der Waals surface area contributed by atoms with Gasteiger partial charge in [-0.2, -0.15) is 0 Å². The van der Waals surface area contributed by atoms with E-state index in [0.29, 0.717) is 11.3 Å². The van der Waals surface area contributed by atoms with Crippen molar-refractivity contribution >= 4 is 11.9 Å². The van der Waals surface area contributed by atoms with Gasteiger partial charge in [-0.05, 0) is 36.6 Å². The molecular formula is C20H20O3. The van der Waals surface area contributed by atoms with E-state index < -0.39 is 0 Å². The number of carbonyl (C=O) groups excluding carboxylic acids is 1. The maximum Gasteiger partial charge on any atom is 0.199 e. The summed E-state index contributed by atoms with van der Waals surface area (Å²) in [6.07, 6.45) is 6.30. The first kappa shape index (κ1) is 15.5. The molecule has 0 aromatic heterocycles. The summed E-state index contributed by atoms with van der Waals surface area (Å²) in [7, 11) is 0. The van der Waals surface area contributed by atoms with Crippen molar-refractivity contribution in [1.82, 2.24) is 0 Å². The molecule has 1 aliphatic heterocycles. The molecule has 2 aromatic rings. The molecule has 3 nitrogen and oxygen atoms in total. The Kier molecular flexibility index (Phi) is 5.22. The highest BCUT2D eigenvalue weighted by molar-refractivity contribution is 6.07. The molecule has 0 amide bonds. The highest BCUT2D eigenvalue weighted by Crippen LogP contribution is 2.20. The Labute approximate surface area is 136 Å². The van der Waals surface area contributed by atoms with E-state index in [0.717, 1.165) is 31.4 Å². The topological polar surface area (TPSA) is 35.5 Å². The van der Waals surface area contributed by atoms with Gasteiger partial charge in [-0.25, -0.2) is 0 Å². The van der Waals surface area contributed by atoms with Gasteiger partial charge in [0.05, 0.1) is 6.61 Å². The predicted octanol–water partition coefficient (Wildman–Crippen LogP) is 4.49. The van der Waals surface area contributed by atoms with E-state index in [1.54, 1.807) is 18.2 Å². The van der Waals surface area contributed by atoms with Crippen LogP contribution in [0.2, 0.25) is 0 Å². The largest absolute Gasteiger partial charge is 0.465 e. The Hall–Kier alpha value is -2.39. The third-order valence-electron chi connectivity index (χ3n) is 3.75. The number of allylic oxidation sites excluding steroid dienone is 1. The summed E-state index contributed by atoms with van der Waals surface area (Å²) < 4.78 is 11.4. The summed E-state index contributed by atoms with van der Waals surface area (Å²) in [4.78, 5) is 12.3. The van der Waals surface area contributed by atoms with Crippen molar-refractivity contribution in [2.45, 2.75) is 25.6 Å². The number of benzene rings is 2. The van der Waals surface area contributed by atoms with E-state index >= 15 is 0 Å². The molecule has 3 heteroatoms. The minimum atomic E-state index is -0.200. The summed E-state index contributed by atoms with van der Waals surface area (Å²) in [6, 6.07) is 17.0. The lowest BCUT2D eigenvalue weighted by Gasteiger charge is -2.23. The van der Waals surface area contributed by atoms with Crippen LogP contribution in [-0.2, 0) is 4.74 Å². The van der Waals surface area contributed by atoms with Gasteiger partial charge in [0.2, 0.25) is 0 Å². The van der Waals surface area contributed by atoms with E-state index in [2.05, 4.69) is 0 Å². The van der Waals surface area contributed by atoms with Gasteiger partial charge in [0.25, 0.3) is 0 Å². The van der Waals surface area contributed by atoms with Crippen LogP contribution >= 0.6 is 0 Å². The highest BCUT2D eigenvalue weighted by Gasteiger charge is 2.15. The Morgan fingerprint density at radius 3 is 2.74 bits per heavy atom. The molecule has 1 fully saturated rings. The van der Waals surface area contributed by atoms with Crippen LogP contribution in [0.1, 0.15) is 35.2 Å². The molecule has 1 aliphatic rings. The van der Waals surface area contributed by atoms with Crippen LogP contribution in [0.3, 0.4) is 0 Å². The molecule has 2 aromatic carbocycles. The molecular weight excluding hydrogens is 288 g/mol. The SMILES string of the molecule is O=C(C=Cc1ccccc1)c1cccc(OC2CCCCO2)c1. The smallest absolute Gasteiger partial charge is 0.199 e. The number of rotatable bonds is 5. The molecule has 0 bridgehead atoms. The van der Waals surface area contributed by atoms with Crippen molar-refractivity contribution in [2.75, 3.05) is 6.61 Å². The van der Waals surface area contributed by atoms with Gasteiger partial charge in [0.1, 0.15) is 5.75 Å². The van der Waals surface area contributed by atoms with Gasteiger partial charge < -0.3 is 9.47 Å². The molecule has 1 heterocycles. The summed E-state index contributed by atoms with van der Waals surface area (Å²) >= 11 is 0. The number of ketones is 1. The fourth-order valence-corrected chi connectivity index (χ4v) is 2.51. The van der Waals surface area contributed by atoms with Gasteiger partial charge in [-0.15, -0.1) is 0 Å². The Balaban J connectivity index is 1.66. The van der Waals surface area contributed by atoms with E-state index in [9.17, 15) is 4.79 Å². The highest BCUT2D eigenvalue weighted by atomic mass is 16.7. The molecule has 23 heavy (non-hydrogen) atoms. The Morgan fingerprint density at radius 1 is 1.09 bits per heavy atom. The minimum absolute atomic E-state index is 0.0381. The van der Waals surface area contributed by atoms with Gasteiger partial charge in [-0.3, -0.25) is 4.79 Å². The van der Waals surface area contributed by atoms with Crippen LogP contribution in [0.15, 0.2) is 60.7 Å². The predicted molar refractivity (Wildman–Crippen MR) is 90.5 cm³/mol. The summed E-state index contributed by atoms with van der Waals surface area (Å²) in [5.41, 5.74) is 1.62. The van der Waals surface area contributed by atoms with Crippen molar-refractivity contribution < 1.29 is 14.3 Å². The maximum atomic E-state index is 12.3. The van der Waals surface area contributed by atoms with Crippen molar-refractivity contribution in [3.63, 3.8) is 0 Å². The van der Waals surface area contributed by atoms with Gasteiger partial charge in [0, 0.05) is 12.0 Å². The first-order valence-electron chi connectivity index (χ1n) is 7.97. The van der Waals surface area contributed by atoms with Crippen LogP contribution in [0.5, 0.6) is 5.75 Å². The average Bonchev–Trinajstić information content (AvgIpc) is 2.62. The van der Waals surface area contributed by atoms with Gasteiger partial charge in [0.15, 0.2) is 12.1 Å². The summed E-state index contributed by atoms with van der Waals surface area (Å²) in [6.45, 7) is 0.739. The number of carbonyl (C=O) groups is 1. The lowest BCUT2D eigenvalue weighted by molar-refractivity contribution is -0.105. The molecule has 118 valence electrons. The third kappa shape index (κ3) is 4.54. The lowest BCUT2D eigenvalue weighted by Crippen LogP contribution is -2.25. The summed E-state index contributed by atoms with van der Waals surface area (Å²) in [5, 5.41) is 0. The molecule has 1 saturated heterocycles. The van der Waals surface area contributed by atoms with Crippen LogP contribution in [0.25, 0.3) is 6.08 Å². The van der Waals surface area contributed by atoms with Crippen LogP contribution in [0.4, 0.5) is 0 Å². The van der Waals surface area contributed by atoms with E-state index in [4.69, 9.17) is 9.47 Å². The zero-order valence-corrected chi connectivity index (χ0v) is 13.0. The quantitative estimate of drug-likeness (QED) is 0.603. The van der Waals surface area contributed by atoms with E-state index in [1.807, 2.05) is 48.5 Å². The van der Waals surface area contributed by atoms with Crippen LogP contribution < -0.4 is 4.74 Å². The van der Waals surface area contributed by atoms with Gasteiger partial charge in [-0.1, -0.05) is 48.5 Å². The van der Waals surface area contributed by atoms with Gasteiger partial charge >= 0.3 is 0 Å². The third-order valence-corrected chi connectivity index (χ3v) is 3.75. The Bertz CT molecular complexity index is 670. The fourth-order valence-electron chi connectivity index (χ4n) is 2.51. The molecule has 1 unspecified atom stereocenters. The van der Waals surface area contributed by atoms with Crippen LogP contribution in [-0.4, -0.2) is 18.7 Å². The first-order valence-corrected chi connectivity index (χ1v) is 7.97. The van der Waals surface area contributed by atoms with E-state index in [-0.39, 0.29) is 12.1 Å². The van der Waals surface area contributed by atoms with Crippen molar-refractivity contribution in [2.24, 2.45) is 0 Å². The van der Waals surface area contributed by atoms with Crippen LogP contribution in [0, 0.1) is 0 Å². The number of ether oxygens (including phenoxy) is 2. The number of hydrogen-bond donors (Lipinski definition) is 0. The minimum Gasteiger partial charge on any atom is -0.465 e.